The number of ether oxygens (including phenoxy) is 1. The van der Waals surface area contributed by atoms with Gasteiger partial charge in [0.25, 0.3) is 5.91 Å². The van der Waals surface area contributed by atoms with Crippen molar-refractivity contribution in [3.8, 4) is 5.75 Å². The normalized spacial score (nSPS) is 13.4. The number of aromatic nitrogens is 1. The Kier molecular flexibility index (Phi) is 3.91. The third-order valence-electron chi connectivity index (χ3n) is 3.57. The Morgan fingerprint density at radius 1 is 1.28 bits per heavy atom. The molecule has 4 rings (SSSR count). The second-order valence-corrected chi connectivity index (χ2v) is 6.45. The number of amides is 2. The maximum atomic E-state index is 12.1. The van der Waals surface area contributed by atoms with E-state index in [9.17, 15) is 9.59 Å². The number of nitrogens with one attached hydrogen (secondary N) is 2. The van der Waals surface area contributed by atoms with Crippen LogP contribution in [0.5, 0.6) is 5.75 Å². The molecule has 2 aromatic carbocycles. The van der Waals surface area contributed by atoms with Crippen LogP contribution in [0, 0.1) is 0 Å². The maximum absolute atomic E-state index is 12.1. The van der Waals surface area contributed by atoms with Crippen LogP contribution in [-0.4, -0.2) is 23.4 Å². The van der Waals surface area contributed by atoms with Crippen LogP contribution in [0.4, 0.5) is 11.4 Å². The third-order valence-corrected chi connectivity index (χ3v) is 4.57. The van der Waals surface area contributed by atoms with E-state index in [1.54, 1.807) is 24.3 Å². The highest BCUT2D eigenvalue weighted by atomic mass is 32.1. The predicted octanol–water partition coefficient (Wildman–Crippen LogP) is 3.28. The summed E-state index contributed by atoms with van der Waals surface area (Å²) in [6.07, 6.45) is 3.12. The molecule has 0 saturated heterocycles. The van der Waals surface area contributed by atoms with Crippen molar-refractivity contribution in [3.05, 3.63) is 53.5 Å². The van der Waals surface area contributed by atoms with E-state index in [1.165, 1.54) is 17.4 Å². The first-order chi connectivity index (χ1) is 12.2. The van der Waals surface area contributed by atoms with Crippen LogP contribution in [0.25, 0.3) is 16.3 Å². The van der Waals surface area contributed by atoms with E-state index in [-0.39, 0.29) is 18.4 Å². The first-order valence-corrected chi connectivity index (χ1v) is 8.40. The van der Waals surface area contributed by atoms with Gasteiger partial charge in [0.2, 0.25) is 5.91 Å². The molecule has 0 radical (unpaired) electrons. The molecule has 0 bridgehead atoms. The van der Waals surface area contributed by atoms with Gasteiger partial charge in [0.1, 0.15) is 10.8 Å². The van der Waals surface area contributed by atoms with Gasteiger partial charge in [0.15, 0.2) is 6.61 Å². The molecule has 0 atom stereocenters. The summed E-state index contributed by atoms with van der Waals surface area (Å²) < 4.78 is 6.36. The zero-order valence-electron chi connectivity index (χ0n) is 13.0. The highest BCUT2D eigenvalue weighted by Crippen LogP contribution is 2.30. The number of para-hydroxylation sites is 1. The molecular weight excluding hydrogens is 338 g/mol. The van der Waals surface area contributed by atoms with Crippen molar-refractivity contribution < 1.29 is 14.3 Å². The number of hydrogen-bond acceptors (Lipinski definition) is 5. The summed E-state index contributed by atoms with van der Waals surface area (Å²) in [5, 5.41) is 6.23. The number of hydrogen-bond donors (Lipinski definition) is 2. The Hall–Kier alpha value is -3.19. The number of carbonyl (C=O) groups excluding carboxylic acids is 2. The van der Waals surface area contributed by atoms with Gasteiger partial charge in [-0.3, -0.25) is 9.59 Å². The molecule has 0 fully saturated rings. The van der Waals surface area contributed by atoms with Gasteiger partial charge in [-0.05, 0) is 36.4 Å². The minimum atomic E-state index is -0.276. The van der Waals surface area contributed by atoms with E-state index in [1.807, 2.05) is 24.3 Å². The van der Waals surface area contributed by atoms with E-state index in [0.717, 1.165) is 15.2 Å². The van der Waals surface area contributed by atoms with E-state index >= 15 is 0 Å². The number of rotatable bonds is 3. The van der Waals surface area contributed by atoms with E-state index in [0.29, 0.717) is 17.1 Å². The molecule has 124 valence electrons. The summed E-state index contributed by atoms with van der Waals surface area (Å²) >= 11 is 1.52. The van der Waals surface area contributed by atoms with Crippen LogP contribution >= 0.6 is 11.3 Å². The lowest BCUT2D eigenvalue weighted by atomic mass is 10.2. The number of thiazole rings is 1. The van der Waals surface area contributed by atoms with Crippen molar-refractivity contribution in [1.29, 1.82) is 0 Å². The van der Waals surface area contributed by atoms with Gasteiger partial charge in [-0.2, -0.15) is 0 Å². The molecule has 3 aromatic rings. The number of nitrogens with zero attached hydrogens (tertiary/aromatic N) is 1. The molecule has 1 aliphatic heterocycles. The molecule has 25 heavy (non-hydrogen) atoms. The average molecular weight is 351 g/mol. The molecule has 0 saturated carbocycles. The second-order valence-electron chi connectivity index (χ2n) is 5.39. The molecule has 0 aliphatic carbocycles. The van der Waals surface area contributed by atoms with Crippen molar-refractivity contribution >= 4 is 50.8 Å². The summed E-state index contributed by atoms with van der Waals surface area (Å²) in [5.41, 5.74) is 2.03. The lowest BCUT2D eigenvalue weighted by molar-refractivity contribution is -0.118. The third kappa shape index (κ3) is 3.36. The zero-order chi connectivity index (χ0) is 17.2. The molecule has 2 amide bonds. The van der Waals surface area contributed by atoms with Crippen LogP contribution < -0.4 is 15.4 Å². The Labute approximate surface area is 147 Å². The molecule has 2 heterocycles. The molecular formula is C18H13N3O3S. The van der Waals surface area contributed by atoms with Crippen molar-refractivity contribution in [2.24, 2.45) is 0 Å². The van der Waals surface area contributed by atoms with Crippen molar-refractivity contribution in [2.75, 3.05) is 17.2 Å². The predicted molar refractivity (Wildman–Crippen MR) is 97.9 cm³/mol. The van der Waals surface area contributed by atoms with E-state index in [2.05, 4.69) is 15.6 Å². The van der Waals surface area contributed by atoms with E-state index < -0.39 is 0 Å². The number of benzene rings is 2. The molecule has 0 spiro atoms. The minimum absolute atomic E-state index is 0.00358. The summed E-state index contributed by atoms with van der Waals surface area (Å²) in [7, 11) is 0. The molecule has 0 unspecified atom stereocenters. The largest absolute Gasteiger partial charge is 0.482 e. The Balaban J connectivity index is 1.46. The summed E-state index contributed by atoms with van der Waals surface area (Å²) in [5.74, 6) is 0.0941. The second kappa shape index (κ2) is 6.37. The SMILES string of the molecule is O=C(/C=C/c1nc2ccccc2s1)Nc1ccc2c(c1)NC(=O)CO2. The topological polar surface area (TPSA) is 80.3 Å². The van der Waals surface area contributed by atoms with Crippen LogP contribution in [0.15, 0.2) is 48.5 Å². The molecule has 1 aromatic heterocycles. The van der Waals surface area contributed by atoms with Crippen molar-refractivity contribution in [2.45, 2.75) is 0 Å². The van der Waals surface area contributed by atoms with Crippen molar-refractivity contribution in [3.63, 3.8) is 0 Å². The average Bonchev–Trinajstić information content (AvgIpc) is 3.02. The summed E-state index contributed by atoms with van der Waals surface area (Å²) in [6, 6.07) is 12.9. The quantitative estimate of drug-likeness (QED) is 0.710. The monoisotopic (exact) mass is 351 g/mol. The fraction of sp³-hybridized carbons (Fsp3) is 0.0556. The van der Waals surface area contributed by atoms with Crippen LogP contribution in [0.3, 0.4) is 0 Å². The van der Waals surface area contributed by atoms with Crippen LogP contribution in [0.1, 0.15) is 5.01 Å². The van der Waals surface area contributed by atoms with Crippen LogP contribution in [0.2, 0.25) is 0 Å². The number of carbonyl (C=O) groups is 2. The molecule has 7 heteroatoms. The molecule has 6 nitrogen and oxygen atoms in total. The van der Waals surface area contributed by atoms with Gasteiger partial charge in [0.05, 0.1) is 15.9 Å². The van der Waals surface area contributed by atoms with Gasteiger partial charge in [0, 0.05) is 11.8 Å². The standard InChI is InChI=1S/C18H13N3O3S/c22-16(7-8-18-21-12-3-1-2-4-15(12)25-18)19-11-5-6-14-13(9-11)20-17(23)10-24-14/h1-9H,10H2,(H,19,22)(H,20,23)/b8-7+. The number of fused-ring (bicyclic) bond motifs is 2. The fourth-order valence-corrected chi connectivity index (χ4v) is 3.32. The highest BCUT2D eigenvalue weighted by Gasteiger charge is 2.16. The van der Waals surface area contributed by atoms with Gasteiger partial charge in [-0.15, -0.1) is 11.3 Å². The van der Waals surface area contributed by atoms with Crippen LogP contribution in [-0.2, 0) is 9.59 Å². The number of anilines is 2. The summed E-state index contributed by atoms with van der Waals surface area (Å²) in [4.78, 5) is 27.9. The Bertz CT molecular complexity index is 977. The molecule has 1 aliphatic rings. The maximum Gasteiger partial charge on any atom is 0.262 e. The van der Waals surface area contributed by atoms with Gasteiger partial charge >= 0.3 is 0 Å². The fourth-order valence-electron chi connectivity index (χ4n) is 2.45. The zero-order valence-corrected chi connectivity index (χ0v) is 13.8. The van der Waals surface area contributed by atoms with E-state index in [4.69, 9.17) is 4.74 Å². The smallest absolute Gasteiger partial charge is 0.262 e. The molecule has 2 N–H and O–H groups in total. The highest BCUT2D eigenvalue weighted by molar-refractivity contribution is 7.19. The Morgan fingerprint density at radius 3 is 3.04 bits per heavy atom. The lowest BCUT2D eigenvalue weighted by Crippen LogP contribution is -2.25. The first kappa shape index (κ1) is 15.3. The first-order valence-electron chi connectivity index (χ1n) is 7.59. The van der Waals surface area contributed by atoms with Gasteiger partial charge in [-0.25, -0.2) is 4.98 Å². The van der Waals surface area contributed by atoms with Gasteiger partial charge in [-0.1, -0.05) is 12.1 Å². The lowest BCUT2D eigenvalue weighted by Gasteiger charge is -2.18. The Morgan fingerprint density at radius 2 is 2.16 bits per heavy atom. The summed E-state index contributed by atoms with van der Waals surface area (Å²) in [6.45, 7) is 0.00358. The van der Waals surface area contributed by atoms with Crippen molar-refractivity contribution in [1.82, 2.24) is 4.98 Å². The minimum Gasteiger partial charge on any atom is -0.482 e. The van der Waals surface area contributed by atoms with Gasteiger partial charge < -0.3 is 15.4 Å².